The fourth-order valence-corrected chi connectivity index (χ4v) is 1.02. The number of hydrogen-bond donors (Lipinski definition) is 0. The lowest BCUT2D eigenvalue weighted by Gasteiger charge is -2.10. The molecule has 1 heterocycles. The minimum absolute atomic E-state index is 0.306. The van der Waals surface area contributed by atoms with Crippen LogP contribution in [0.15, 0.2) is 0 Å². The Balaban J connectivity index is 2.30. The predicted molar refractivity (Wildman–Crippen MR) is 30.8 cm³/mol. The summed E-state index contributed by atoms with van der Waals surface area (Å²) in [4.78, 5) is 0. The lowest BCUT2D eigenvalue weighted by molar-refractivity contribution is 0.0270. The predicted octanol–water partition coefficient (Wildman–Crippen LogP) is 0.810. The lowest BCUT2D eigenvalue weighted by Crippen LogP contribution is -2.18. The van der Waals surface area contributed by atoms with E-state index in [4.69, 9.17) is 9.47 Å². The Labute approximate surface area is 49.8 Å². The van der Waals surface area contributed by atoms with Crippen molar-refractivity contribution in [2.24, 2.45) is 0 Å². The first-order valence-electron chi connectivity index (χ1n) is 2.99. The van der Waals surface area contributed by atoms with Crippen molar-refractivity contribution in [2.75, 3.05) is 13.7 Å². The Kier molecular flexibility index (Phi) is 1.86. The zero-order valence-electron chi connectivity index (χ0n) is 5.39. The van der Waals surface area contributed by atoms with E-state index in [2.05, 4.69) is 0 Å². The molecule has 0 spiro atoms. The second kappa shape index (κ2) is 2.46. The van der Waals surface area contributed by atoms with Crippen molar-refractivity contribution in [1.29, 1.82) is 0 Å². The number of hydrogen-bond acceptors (Lipinski definition) is 2. The molecule has 48 valence electrons. The van der Waals surface area contributed by atoms with E-state index in [1.54, 1.807) is 7.11 Å². The summed E-state index contributed by atoms with van der Waals surface area (Å²) in [6, 6.07) is 0. The van der Waals surface area contributed by atoms with Crippen molar-refractivity contribution < 1.29 is 9.47 Å². The molecule has 1 aliphatic heterocycles. The van der Waals surface area contributed by atoms with Gasteiger partial charge in [0, 0.05) is 13.7 Å². The van der Waals surface area contributed by atoms with Crippen molar-refractivity contribution in [3.63, 3.8) is 0 Å². The van der Waals surface area contributed by atoms with E-state index >= 15 is 0 Å². The van der Waals surface area contributed by atoms with Crippen LogP contribution in [0.4, 0.5) is 0 Å². The summed E-state index contributed by atoms with van der Waals surface area (Å²) >= 11 is 0. The van der Waals surface area contributed by atoms with Gasteiger partial charge in [-0.1, -0.05) is 0 Å². The van der Waals surface area contributed by atoms with Crippen LogP contribution in [-0.2, 0) is 9.47 Å². The average Bonchev–Trinajstić information content (AvgIpc) is 2.14. The van der Waals surface area contributed by atoms with E-state index in [0.29, 0.717) is 12.2 Å². The van der Waals surface area contributed by atoms with Gasteiger partial charge < -0.3 is 9.47 Å². The SMILES string of the molecule is CO[C@@H]1CCO[C@@H]1C. The first-order chi connectivity index (χ1) is 3.84. The summed E-state index contributed by atoms with van der Waals surface area (Å²) in [5, 5.41) is 0. The standard InChI is InChI=1S/C6H12O2/c1-5-6(7-2)3-4-8-5/h5-6H,3-4H2,1-2H3/t5-,6-/m1/s1. The van der Waals surface area contributed by atoms with Gasteiger partial charge >= 0.3 is 0 Å². The quantitative estimate of drug-likeness (QED) is 0.504. The van der Waals surface area contributed by atoms with Crippen LogP contribution in [0.1, 0.15) is 13.3 Å². The van der Waals surface area contributed by atoms with Crippen LogP contribution in [-0.4, -0.2) is 25.9 Å². The largest absolute Gasteiger partial charge is 0.379 e. The summed E-state index contributed by atoms with van der Waals surface area (Å²) in [6.07, 6.45) is 1.70. The Hall–Kier alpha value is -0.0800. The van der Waals surface area contributed by atoms with E-state index in [-0.39, 0.29) is 0 Å². The normalized spacial score (nSPS) is 38.2. The fraction of sp³-hybridized carbons (Fsp3) is 1.00. The zero-order valence-corrected chi connectivity index (χ0v) is 5.39. The molecule has 0 aromatic heterocycles. The van der Waals surface area contributed by atoms with Crippen LogP contribution in [0.25, 0.3) is 0 Å². The summed E-state index contributed by atoms with van der Waals surface area (Å²) in [5.74, 6) is 0. The maximum Gasteiger partial charge on any atom is 0.0852 e. The van der Waals surface area contributed by atoms with Crippen LogP contribution in [0.5, 0.6) is 0 Å². The molecule has 0 aromatic rings. The Morgan fingerprint density at radius 2 is 2.38 bits per heavy atom. The highest BCUT2D eigenvalue weighted by molar-refractivity contribution is 4.71. The molecule has 1 saturated heterocycles. The molecule has 0 aliphatic carbocycles. The molecule has 1 aliphatic rings. The van der Waals surface area contributed by atoms with Crippen LogP contribution in [0.3, 0.4) is 0 Å². The summed E-state index contributed by atoms with van der Waals surface area (Å²) < 4.78 is 10.3. The van der Waals surface area contributed by atoms with Crippen LogP contribution in [0, 0.1) is 0 Å². The van der Waals surface area contributed by atoms with E-state index in [9.17, 15) is 0 Å². The molecule has 0 unspecified atom stereocenters. The molecule has 2 nitrogen and oxygen atoms in total. The van der Waals surface area contributed by atoms with Crippen LogP contribution in [0.2, 0.25) is 0 Å². The van der Waals surface area contributed by atoms with E-state index in [0.717, 1.165) is 13.0 Å². The molecule has 2 heteroatoms. The highest BCUT2D eigenvalue weighted by Crippen LogP contribution is 2.14. The zero-order chi connectivity index (χ0) is 5.98. The topological polar surface area (TPSA) is 18.5 Å². The molecule has 1 rings (SSSR count). The second-order valence-corrected chi connectivity index (χ2v) is 2.14. The monoisotopic (exact) mass is 116 g/mol. The Morgan fingerprint density at radius 3 is 2.62 bits per heavy atom. The molecule has 0 amide bonds. The summed E-state index contributed by atoms with van der Waals surface area (Å²) in [6.45, 7) is 2.90. The van der Waals surface area contributed by atoms with Gasteiger partial charge in [-0.3, -0.25) is 0 Å². The van der Waals surface area contributed by atoms with E-state index in [1.807, 2.05) is 6.92 Å². The van der Waals surface area contributed by atoms with Crippen molar-refractivity contribution in [3.8, 4) is 0 Å². The highest BCUT2D eigenvalue weighted by atomic mass is 16.5. The third kappa shape index (κ3) is 1.01. The lowest BCUT2D eigenvalue weighted by atomic mass is 10.2. The average molecular weight is 116 g/mol. The second-order valence-electron chi connectivity index (χ2n) is 2.14. The van der Waals surface area contributed by atoms with Crippen molar-refractivity contribution >= 4 is 0 Å². The third-order valence-corrected chi connectivity index (χ3v) is 1.61. The number of ether oxygens (including phenoxy) is 2. The molecule has 2 atom stereocenters. The number of methoxy groups -OCH3 is 1. The molecular weight excluding hydrogens is 104 g/mol. The van der Waals surface area contributed by atoms with Crippen molar-refractivity contribution in [1.82, 2.24) is 0 Å². The smallest absolute Gasteiger partial charge is 0.0852 e. The molecule has 0 radical (unpaired) electrons. The van der Waals surface area contributed by atoms with Gasteiger partial charge in [-0.2, -0.15) is 0 Å². The molecule has 0 aromatic carbocycles. The van der Waals surface area contributed by atoms with Crippen LogP contribution < -0.4 is 0 Å². The van der Waals surface area contributed by atoms with Gasteiger partial charge in [0.05, 0.1) is 12.2 Å². The fourth-order valence-electron chi connectivity index (χ4n) is 1.02. The summed E-state index contributed by atoms with van der Waals surface area (Å²) in [7, 11) is 1.73. The minimum atomic E-state index is 0.306. The first kappa shape index (κ1) is 6.05. The maximum atomic E-state index is 5.23. The van der Waals surface area contributed by atoms with Crippen molar-refractivity contribution in [3.05, 3.63) is 0 Å². The molecule has 8 heavy (non-hydrogen) atoms. The van der Waals surface area contributed by atoms with E-state index in [1.165, 1.54) is 0 Å². The number of rotatable bonds is 1. The molecule has 0 saturated carbocycles. The molecular formula is C6H12O2. The van der Waals surface area contributed by atoms with Crippen LogP contribution >= 0.6 is 0 Å². The van der Waals surface area contributed by atoms with Gasteiger partial charge in [-0.25, -0.2) is 0 Å². The summed E-state index contributed by atoms with van der Waals surface area (Å²) in [5.41, 5.74) is 0. The minimum Gasteiger partial charge on any atom is -0.379 e. The van der Waals surface area contributed by atoms with Gasteiger partial charge in [0.2, 0.25) is 0 Å². The van der Waals surface area contributed by atoms with Gasteiger partial charge in [0.1, 0.15) is 0 Å². The Bertz CT molecular complexity index is 72.9. The van der Waals surface area contributed by atoms with Gasteiger partial charge in [0.25, 0.3) is 0 Å². The molecule has 0 N–H and O–H groups in total. The molecule has 0 bridgehead atoms. The Morgan fingerprint density at radius 1 is 1.62 bits per heavy atom. The van der Waals surface area contributed by atoms with E-state index < -0.39 is 0 Å². The van der Waals surface area contributed by atoms with Gasteiger partial charge in [-0.05, 0) is 13.3 Å². The maximum absolute atomic E-state index is 5.23. The van der Waals surface area contributed by atoms with Crippen molar-refractivity contribution in [2.45, 2.75) is 25.6 Å². The molecule has 1 fully saturated rings. The third-order valence-electron chi connectivity index (χ3n) is 1.61. The highest BCUT2D eigenvalue weighted by Gasteiger charge is 2.22. The van der Waals surface area contributed by atoms with Gasteiger partial charge in [0.15, 0.2) is 0 Å². The van der Waals surface area contributed by atoms with Gasteiger partial charge in [-0.15, -0.1) is 0 Å². The first-order valence-corrected chi connectivity index (χ1v) is 2.99.